The second-order valence-corrected chi connectivity index (χ2v) is 6.95. The molecule has 0 aliphatic rings. The first-order valence-corrected chi connectivity index (χ1v) is 8.10. The zero-order chi connectivity index (χ0) is 18.0. The van der Waals surface area contributed by atoms with E-state index in [4.69, 9.17) is 10.2 Å². The standard InChI is InChI=1S/C13H17F3N2O4S/c1-7(2)5-10(12(19)20)18-8-3-4-11(23(17,21)22)9(6-8)13(14,15)16/h3-4,6-7,10,18H,5H2,1-2H3,(H,19,20)(H2,17,21,22). The number of nitrogens with two attached hydrogens (primary N) is 1. The highest BCUT2D eigenvalue weighted by Crippen LogP contribution is 2.35. The van der Waals surface area contributed by atoms with Crippen LogP contribution in [0.15, 0.2) is 23.1 Å². The molecule has 0 heterocycles. The minimum absolute atomic E-state index is 0.00520. The van der Waals surface area contributed by atoms with E-state index in [1.807, 2.05) is 0 Å². The summed E-state index contributed by atoms with van der Waals surface area (Å²) < 4.78 is 61.5. The third-order valence-electron chi connectivity index (χ3n) is 2.94. The van der Waals surface area contributed by atoms with Gasteiger partial charge in [0.1, 0.15) is 6.04 Å². The molecule has 0 aliphatic carbocycles. The van der Waals surface area contributed by atoms with Crippen LogP contribution in [-0.4, -0.2) is 25.5 Å². The maximum absolute atomic E-state index is 13.0. The Bertz CT molecular complexity index is 687. The third kappa shape index (κ3) is 5.39. The molecule has 1 unspecified atom stereocenters. The van der Waals surface area contributed by atoms with E-state index in [-0.39, 0.29) is 18.0 Å². The van der Waals surface area contributed by atoms with Crippen LogP contribution in [0.1, 0.15) is 25.8 Å². The van der Waals surface area contributed by atoms with Crippen molar-refractivity contribution >= 4 is 21.7 Å². The summed E-state index contributed by atoms with van der Waals surface area (Å²) in [6.45, 7) is 3.53. The Morgan fingerprint density at radius 2 is 1.91 bits per heavy atom. The fraction of sp³-hybridized carbons (Fsp3) is 0.462. The van der Waals surface area contributed by atoms with Crippen LogP contribution in [-0.2, 0) is 21.0 Å². The number of anilines is 1. The van der Waals surface area contributed by atoms with Crippen molar-refractivity contribution < 1.29 is 31.5 Å². The van der Waals surface area contributed by atoms with Gasteiger partial charge in [-0.05, 0) is 30.5 Å². The van der Waals surface area contributed by atoms with Gasteiger partial charge in [0, 0.05) is 5.69 Å². The van der Waals surface area contributed by atoms with Crippen molar-refractivity contribution in [3.63, 3.8) is 0 Å². The van der Waals surface area contributed by atoms with Gasteiger partial charge in [-0.1, -0.05) is 13.8 Å². The molecular formula is C13H17F3N2O4S. The molecule has 0 spiro atoms. The highest BCUT2D eigenvalue weighted by molar-refractivity contribution is 7.89. The number of carbonyl (C=O) groups is 1. The molecular weight excluding hydrogens is 337 g/mol. The highest BCUT2D eigenvalue weighted by Gasteiger charge is 2.37. The largest absolute Gasteiger partial charge is 0.480 e. The topological polar surface area (TPSA) is 109 Å². The van der Waals surface area contributed by atoms with E-state index in [2.05, 4.69) is 5.32 Å². The lowest BCUT2D eigenvalue weighted by Gasteiger charge is -2.19. The first-order chi connectivity index (χ1) is 10.3. The lowest BCUT2D eigenvalue weighted by Crippen LogP contribution is -2.31. The SMILES string of the molecule is CC(C)CC(Nc1ccc(S(N)(=O)=O)c(C(F)(F)F)c1)C(=O)O. The predicted octanol–water partition coefficient (Wildman–Crippen LogP) is 2.26. The molecule has 0 fully saturated rings. The van der Waals surface area contributed by atoms with E-state index in [1.165, 1.54) is 0 Å². The van der Waals surface area contributed by atoms with Gasteiger partial charge in [0.05, 0.1) is 10.5 Å². The van der Waals surface area contributed by atoms with Gasteiger partial charge in [-0.3, -0.25) is 0 Å². The van der Waals surface area contributed by atoms with Crippen molar-refractivity contribution in [1.29, 1.82) is 0 Å². The van der Waals surface area contributed by atoms with E-state index in [0.717, 1.165) is 6.07 Å². The summed E-state index contributed by atoms with van der Waals surface area (Å²) in [6, 6.07) is 1.19. The third-order valence-corrected chi connectivity index (χ3v) is 3.91. The average molecular weight is 354 g/mol. The van der Waals surface area contributed by atoms with Crippen LogP contribution < -0.4 is 10.5 Å². The average Bonchev–Trinajstić information content (AvgIpc) is 2.34. The van der Waals surface area contributed by atoms with Crippen LogP contribution in [0.4, 0.5) is 18.9 Å². The number of hydrogen-bond acceptors (Lipinski definition) is 4. The fourth-order valence-corrected chi connectivity index (χ4v) is 2.72. The summed E-state index contributed by atoms with van der Waals surface area (Å²) in [4.78, 5) is 10.1. The molecule has 10 heteroatoms. The first-order valence-electron chi connectivity index (χ1n) is 6.55. The Labute approximate surface area is 131 Å². The van der Waals surface area contributed by atoms with E-state index in [0.29, 0.717) is 12.1 Å². The van der Waals surface area contributed by atoms with Crippen molar-refractivity contribution in [2.24, 2.45) is 11.1 Å². The molecule has 130 valence electrons. The molecule has 1 aromatic carbocycles. The second-order valence-electron chi connectivity index (χ2n) is 5.42. The smallest absolute Gasteiger partial charge is 0.417 e. The van der Waals surface area contributed by atoms with E-state index in [1.54, 1.807) is 13.8 Å². The van der Waals surface area contributed by atoms with Crippen molar-refractivity contribution in [1.82, 2.24) is 0 Å². The minimum Gasteiger partial charge on any atom is -0.480 e. The lowest BCUT2D eigenvalue weighted by atomic mass is 10.0. The van der Waals surface area contributed by atoms with Crippen LogP contribution >= 0.6 is 0 Å². The Morgan fingerprint density at radius 1 is 1.35 bits per heavy atom. The molecule has 0 aliphatic heterocycles. The van der Waals surface area contributed by atoms with Gasteiger partial charge in [0.25, 0.3) is 0 Å². The molecule has 1 atom stereocenters. The van der Waals surface area contributed by atoms with E-state index < -0.39 is 38.7 Å². The number of rotatable bonds is 6. The Hall–Kier alpha value is -1.81. The summed E-state index contributed by atoms with van der Waals surface area (Å²) in [7, 11) is -4.56. The van der Waals surface area contributed by atoms with Gasteiger partial charge in [-0.25, -0.2) is 18.4 Å². The first kappa shape index (κ1) is 19.2. The lowest BCUT2D eigenvalue weighted by molar-refractivity contribution is -0.140. The van der Waals surface area contributed by atoms with Crippen LogP contribution in [0.5, 0.6) is 0 Å². The zero-order valence-electron chi connectivity index (χ0n) is 12.4. The molecule has 1 rings (SSSR count). The maximum atomic E-state index is 13.0. The fourth-order valence-electron chi connectivity index (χ4n) is 1.98. The number of halogens is 3. The normalized spacial score (nSPS) is 13.9. The van der Waals surface area contributed by atoms with Crippen LogP contribution in [0, 0.1) is 5.92 Å². The number of benzene rings is 1. The molecule has 4 N–H and O–H groups in total. The molecule has 0 bridgehead atoms. The summed E-state index contributed by atoms with van der Waals surface area (Å²) in [5.41, 5.74) is -1.60. The summed E-state index contributed by atoms with van der Waals surface area (Å²) in [5.74, 6) is -1.22. The second kappa shape index (κ2) is 6.75. The van der Waals surface area contributed by atoms with E-state index >= 15 is 0 Å². The van der Waals surface area contributed by atoms with E-state index in [9.17, 15) is 26.4 Å². The van der Waals surface area contributed by atoms with Crippen LogP contribution in [0.3, 0.4) is 0 Å². The number of carboxylic acid groups (broad SMARTS) is 1. The summed E-state index contributed by atoms with van der Waals surface area (Å²) in [5, 5.41) is 16.3. The molecule has 1 aromatic rings. The number of carboxylic acids is 1. The van der Waals surface area contributed by atoms with Crippen LogP contribution in [0.25, 0.3) is 0 Å². The van der Waals surface area contributed by atoms with Crippen molar-refractivity contribution in [3.05, 3.63) is 23.8 Å². The van der Waals surface area contributed by atoms with Crippen molar-refractivity contribution in [2.45, 2.75) is 37.4 Å². The molecule has 0 saturated heterocycles. The zero-order valence-corrected chi connectivity index (χ0v) is 13.2. The number of nitrogens with one attached hydrogen (secondary N) is 1. The predicted molar refractivity (Wildman–Crippen MR) is 77.3 cm³/mol. The highest BCUT2D eigenvalue weighted by atomic mass is 32.2. The Balaban J connectivity index is 3.28. The molecule has 0 saturated carbocycles. The Morgan fingerprint density at radius 3 is 2.30 bits per heavy atom. The minimum atomic E-state index is -4.95. The van der Waals surface area contributed by atoms with Gasteiger partial charge in [-0.2, -0.15) is 13.2 Å². The summed E-state index contributed by atoms with van der Waals surface area (Å²) >= 11 is 0. The number of alkyl halides is 3. The molecule has 6 nitrogen and oxygen atoms in total. The van der Waals surface area contributed by atoms with Gasteiger partial charge < -0.3 is 10.4 Å². The molecule has 23 heavy (non-hydrogen) atoms. The monoisotopic (exact) mass is 354 g/mol. The van der Waals surface area contributed by atoms with Gasteiger partial charge in [0.15, 0.2) is 0 Å². The van der Waals surface area contributed by atoms with Gasteiger partial charge in [-0.15, -0.1) is 0 Å². The summed E-state index contributed by atoms with van der Waals surface area (Å²) in [6.07, 6.45) is -4.76. The molecule has 0 aromatic heterocycles. The number of aliphatic carboxylic acids is 1. The van der Waals surface area contributed by atoms with Crippen molar-refractivity contribution in [2.75, 3.05) is 5.32 Å². The van der Waals surface area contributed by atoms with Gasteiger partial charge >= 0.3 is 12.1 Å². The van der Waals surface area contributed by atoms with Crippen molar-refractivity contribution in [3.8, 4) is 0 Å². The molecule has 0 amide bonds. The van der Waals surface area contributed by atoms with Gasteiger partial charge in [0.2, 0.25) is 10.0 Å². The number of primary sulfonamides is 1. The Kier molecular flexibility index (Phi) is 5.65. The quantitative estimate of drug-likeness (QED) is 0.726. The number of sulfonamides is 1. The van der Waals surface area contributed by atoms with Crippen LogP contribution in [0.2, 0.25) is 0 Å². The number of hydrogen-bond donors (Lipinski definition) is 3. The maximum Gasteiger partial charge on any atom is 0.417 e. The molecule has 0 radical (unpaired) electrons.